The molecular formula is C23H16F6O2Se. The van der Waals surface area contributed by atoms with E-state index in [9.17, 15) is 26.3 Å². The summed E-state index contributed by atoms with van der Waals surface area (Å²) in [5.41, 5.74) is -5.23. The molecule has 1 atom stereocenters. The van der Waals surface area contributed by atoms with Crippen molar-refractivity contribution in [2.45, 2.75) is 28.9 Å². The van der Waals surface area contributed by atoms with Crippen molar-refractivity contribution in [2.75, 3.05) is 0 Å². The first kappa shape index (κ1) is 21.5. The Kier molecular flexibility index (Phi) is 4.60. The summed E-state index contributed by atoms with van der Waals surface area (Å²) in [5, 5.41) is -0.0948. The van der Waals surface area contributed by atoms with Gasteiger partial charge in [-0.3, -0.25) is 0 Å². The van der Waals surface area contributed by atoms with Gasteiger partial charge < -0.3 is 0 Å². The second kappa shape index (κ2) is 6.84. The van der Waals surface area contributed by atoms with Gasteiger partial charge in [-0.25, -0.2) is 0 Å². The molecule has 1 fully saturated rings. The summed E-state index contributed by atoms with van der Waals surface area (Å²) in [6.45, 7) is 0. The molecule has 3 aromatic carbocycles. The first-order chi connectivity index (χ1) is 15.1. The molecule has 9 heteroatoms. The van der Waals surface area contributed by atoms with Gasteiger partial charge in [0.25, 0.3) is 0 Å². The van der Waals surface area contributed by atoms with Crippen LogP contribution in [0.15, 0.2) is 84.9 Å². The van der Waals surface area contributed by atoms with Crippen LogP contribution in [0.1, 0.15) is 16.7 Å². The Morgan fingerprint density at radius 2 is 1.06 bits per heavy atom. The van der Waals surface area contributed by atoms with Gasteiger partial charge in [0.15, 0.2) is 0 Å². The number of alkyl halides is 6. The minimum absolute atomic E-state index is 0.0948. The molecular weight excluding hydrogens is 501 g/mol. The Morgan fingerprint density at radius 1 is 0.625 bits per heavy atom. The third-order valence-corrected chi connectivity index (χ3v) is 11.9. The summed E-state index contributed by atoms with van der Waals surface area (Å²) >= 11 is -4.33. The molecule has 0 N–H and O–H groups in total. The summed E-state index contributed by atoms with van der Waals surface area (Å²) in [6.07, 6.45) is -11.4. The van der Waals surface area contributed by atoms with Crippen LogP contribution in [0, 0.1) is 0 Å². The van der Waals surface area contributed by atoms with Gasteiger partial charge in [-0.1, -0.05) is 0 Å². The third kappa shape index (κ3) is 2.75. The van der Waals surface area contributed by atoms with Gasteiger partial charge in [-0.05, 0) is 0 Å². The van der Waals surface area contributed by atoms with E-state index in [2.05, 4.69) is 0 Å². The van der Waals surface area contributed by atoms with E-state index in [-0.39, 0.29) is 9.78 Å². The van der Waals surface area contributed by atoms with Crippen LogP contribution >= 0.6 is 0 Å². The Balaban J connectivity index is 1.68. The molecule has 0 bridgehead atoms. The van der Waals surface area contributed by atoms with Crippen molar-refractivity contribution >= 4 is 18.0 Å². The van der Waals surface area contributed by atoms with E-state index in [1.54, 1.807) is 60.7 Å². The molecule has 1 spiro atoms. The zero-order valence-corrected chi connectivity index (χ0v) is 18.0. The van der Waals surface area contributed by atoms with E-state index in [1.807, 2.05) is 0 Å². The second-order valence-electron chi connectivity index (χ2n) is 7.66. The Bertz CT molecular complexity index is 1080. The van der Waals surface area contributed by atoms with Crippen LogP contribution in [0.25, 0.3) is 0 Å². The molecule has 3 aromatic rings. The van der Waals surface area contributed by atoms with E-state index >= 15 is 0 Å². The van der Waals surface area contributed by atoms with Crippen LogP contribution in [-0.2, 0) is 18.8 Å². The Hall–Kier alpha value is -2.32. The van der Waals surface area contributed by atoms with Crippen molar-refractivity contribution in [3.63, 3.8) is 0 Å². The van der Waals surface area contributed by atoms with Crippen molar-refractivity contribution in [1.82, 2.24) is 0 Å². The second-order valence-corrected chi connectivity index (χ2v) is 12.5. The predicted octanol–water partition coefficient (Wildman–Crippen LogP) is 5.66. The number of benzene rings is 3. The molecule has 2 heterocycles. The molecule has 32 heavy (non-hydrogen) atoms. The number of hydrogen-bond acceptors (Lipinski definition) is 2. The Morgan fingerprint density at radius 3 is 1.53 bits per heavy atom. The molecule has 0 amide bonds. The van der Waals surface area contributed by atoms with Crippen molar-refractivity contribution < 1.29 is 34.0 Å². The summed E-state index contributed by atoms with van der Waals surface area (Å²) in [4.78, 5) is 0. The molecule has 2 aliphatic rings. The van der Waals surface area contributed by atoms with Crippen molar-refractivity contribution in [3.8, 4) is 0 Å². The monoisotopic (exact) mass is 518 g/mol. The Labute approximate surface area is 182 Å². The molecule has 0 aromatic heterocycles. The fraction of sp³-hybridized carbons (Fsp3) is 0.217. The van der Waals surface area contributed by atoms with Crippen LogP contribution in [0.5, 0.6) is 0 Å². The topological polar surface area (TPSA) is 18.5 Å². The molecule has 1 unspecified atom stereocenters. The minimum atomic E-state index is -5.71. The van der Waals surface area contributed by atoms with Crippen LogP contribution < -0.4 is 4.46 Å². The molecule has 168 valence electrons. The van der Waals surface area contributed by atoms with E-state index in [4.69, 9.17) is 7.64 Å². The van der Waals surface area contributed by atoms with Crippen LogP contribution in [-0.4, -0.2) is 25.9 Å². The molecule has 0 aliphatic carbocycles. The standard InChI is InChI=1S/C23H16F6O2Se/c24-22(25,26)21(23(27,28)29)18-13-7-8-14-19(18)32(31-21)15-20(30-32,16-9-3-1-4-10-16)17-11-5-2-6-12-17/h1-14H,15H2. The summed E-state index contributed by atoms with van der Waals surface area (Å²) in [5.74, 6) is 0. The first-order valence-corrected chi connectivity index (χ1v) is 13.1. The average Bonchev–Trinajstić information content (AvgIpc) is 3.06. The molecule has 2 aliphatic heterocycles. The molecule has 1 saturated heterocycles. The molecule has 2 nitrogen and oxygen atoms in total. The molecule has 0 radical (unpaired) electrons. The fourth-order valence-electron chi connectivity index (χ4n) is 4.39. The van der Waals surface area contributed by atoms with Crippen molar-refractivity contribution in [2.24, 2.45) is 0 Å². The van der Waals surface area contributed by atoms with E-state index in [0.29, 0.717) is 11.1 Å². The zero-order valence-electron chi connectivity index (χ0n) is 16.3. The summed E-state index contributed by atoms with van der Waals surface area (Å²) in [6, 6.07) is 22.2. The SMILES string of the molecule is FC(F)(F)C1(C(F)(F)F)O[Se]2(CC(c3ccccc3)(c3ccccc3)O2)c2ccccc21. The molecule has 5 rings (SSSR count). The van der Waals surface area contributed by atoms with Gasteiger partial charge in [0.1, 0.15) is 0 Å². The van der Waals surface area contributed by atoms with Crippen molar-refractivity contribution in [1.29, 1.82) is 0 Å². The van der Waals surface area contributed by atoms with Crippen LogP contribution in [0.2, 0.25) is 5.32 Å². The van der Waals surface area contributed by atoms with Crippen LogP contribution in [0.3, 0.4) is 0 Å². The fourth-order valence-corrected chi connectivity index (χ4v) is 11.6. The van der Waals surface area contributed by atoms with Crippen LogP contribution in [0.4, 0.5) is 26.3 Å². The zero-order chi connectivity index (χ0) is 22.8. The maximum absolute atomic E-state index is 14.1. The number of rotatable bonds is 2. The quantitative estimate of drug-likeness (QED) is 0.323. The van der Waals surface area contributed by atoms with Gasteiger partial charge in [0, 0.05) is 0 Å². The number of halogens is 6. The average molecular weight is 517 g/mol. The van der Waals surface area contributed by atoms with Gasteiger partial charge >= 0.3 is 182 Å². The van der Waals surface area contributed by atoms with Crippen molar-refractivity contribution in [3.05, 3.63) is 102 Å². The third-order valence-electron chi connectivity index (χ3n) is 5.81. The summed E-state index contributed by atoms with van der Waals surface area (Å²) < 4.78 is 95.6. The van der Waals surface area contributed by atoms with Gasteiger partial charge in [-0.2, -0.15) is 0 Å². The maximum atomic E-state index is 14.1. The van der Waals surface area contributed by atoms with E-state index < -0.39 is 42.6 Å². The van der Waals surface area contributed by atoms with E-state index in [0.717, 1.165) is 12.1 Å². The first-order valence-electron chi connectivity index (χ1n) is 9.62. The normalized spacial score (nSPS) is 25.6. The van der Waals surface area contributed by atoms with Gasteiger partial charge in [0.2, 0.25) is 0 Å². The number of fused-ring (bicyclic) bond motifs is 2. The van der Waals surface area contributed by atoms with E-state index in [1.165, 1.54) is 12.1 Å². The number of hydrogen-bond donors (Lipinski definition) is 0. The molecule has 0 saturated carbocycles. The predicted molar refractivity (Wildman–Crippen MR) is 106 cm³/mol. The summed E-state index contributed by atoms with van der Waals surface area (Å²) in [7, 11) is 0. The van der Waals surface area contributed by atoms with Gasteiger partial charge in [0.05, 0.1) is 0 Å². The van der Waals surface area contributed by atoms with Gasteiger partial charge in [-0.15, -0.1) is 0 Å².